The van der Waals surface area contributed by atoms with E-state index in [1.165, 1.54) is 11.3 Å². The number of nitrogens with zero attached hydrogens (tertiary/aromatic N) is 2. The zero-order valence-corrected chi connectivity index (χ0v) is 13.1. The van der Waals surface area contributed by atoms with E-state index in [-0.39, 0.29) is 11.9 Å². The molecule has 4 rings (SSSR count). The van der Waals surface area contributed by atoms with Gasteiger partial charge < -0.3 is 4.42 Å². The van der Waals surface area contributed by atoms with Crippen LogP contribution in [0.5, 0.6) is 0 Å². The number of hydrogen-bond donors (Lipinski definition) is 0. The highest BCUT2D eigenvalue weighted by Gasteiger charge is 2.35. The van der Waals surface area contributed by atoms with Gasteiger partial charge in [0.1, 0.15) is 11.8 Å². The minimum Gasteiger partial charge on any atom is -0.467 e. The second kappa shape index (κ2) is 5.55. The van der Waals surface area contributed by atoms with Crippen LogP contribution in [-0.2, 0) is 0 Å². The first-order chi connectivity index (χ1) is 10.8. The minimum absolute atomic E-state index is 0.0806. The number of carbonyl (C=O) groups excluding carboxylic acids is 1. The van der Waals surface area contributed by atoms with Crippen molar-refractivity contribution in [1.29, 1.82) is 0 Å². The quantitative estimate of drug-likeness (QED) is 0.715. The average molecular weight is 328 g/mol. The van der Waals surface area contributed by atoms with Gasteiger partial charge in [-0.15, -0.1) is 22.7 Å². The Kier molecular flexibility index (Phi) is 3.40. The van der Waals surface area contributed by atoms with Crippen LogP contribution in [0, 0.1) is 0 Å². The van der Waals surface area contributed by atoms with Crippen LogP contribution in [0.1, 0.15) is 32.8 Å². The molecule has 0 N–H and O–H groups in total. The molecule has 3 aromatic rings. The summed E-state index contributed by atoms with van der Waals surface area (Å²) in [4.78, 5) is 14.5. The number of rotatable bonds is 3. The molecule has 1 atom stereocenters. The van der Waals surface area contributed by atoms with E-state index in [2.05, 4.69) is 5.10 Å². The van der Waals surface area contributed by atoms with Gasteiger partial charge in [-0.2, -0.15) is 5.10 Å². The van der Waals surface area contributed by atoms with Gasteiger partial charge >= 0.3 is 0 Å². The van der Waals surface area contributed by atoms with Crippen LogP contribution in [0.2, 0.25) is 0 Å². The van der Waals surface area contributed by atoms with Crippen molar-refractivity contribution in [3.05, 3.63) is 68.9 Å². The number of hydrogen-bond acceptors (Lipinski definition) is 5. The first-order valence-corrected chi connectivity index (χ1v) is 8.60. The predicted molar refractivity (Wildman–Crippen MR) is 87.4 cm³/mol. The maximum absolute atomic E-state index is 12.7. The van der Waals surface area contributed by atoms with Crippen molar-refractivity contribution in [3.8, 4) is 0 Å². The third-order valence-corrected chi connectivity index (χ3v) is 5.30. The highest BCUT2D eigenvalue weighted by Crippen LogP contribution is 2.35. The van der Waals surface area contributed by atoms with Gasteiger partial charge in [0.2, 0.25) is 0 Å². The number of furan rings is 1. The van der Waals surface area contributed by atoms with Crippen LogP contribution in [0.4, 0.5) is 0 Å². The third-order valence-electron chi connectivity index (χ3n) is 3.53. The molecule has 1 amide bonds. The lowest BCUT2D eigenvalue weighted by Crippen LogP contribution is -2.26. The molecular weight excluding hydrogens is 316 g/mol. The van der Waals surface area contributed by atoms with Crippen molar-refractivity contribution in [2.45, 2.75) is 12.5 Å². The standard InChI is InChI=1S/C16H12N2O2S2/c19-16(15-6-3-9-22-15)18-12(13-4-1-7-20-13)10-11(17-18)14-5-2-8-21-14/h1-9,12H,10H2. The van der Waals surface area contributed by atoms with Gasteiger partial charge in [0.15, 0.2) is 0 Å². The number of hydrazone groups is 1. The van der Waals surface area contributed by atoms with E-state index in [0.717, 1.165) is 16.3 Å². The normalized spacial score (nSPS) is 17.7. The summed E-state index contributed by atoms with van der Waals surface area (Å²) >= 11 is 3.06. The molecule has 22 heavy (non-hydrogen) atoms. The molecule has 0 radical (unpaired) electrons. The smallest absolute Gasteiger partial charge is 0.284 e. The van der Waals surface area contributed by atoms with Crippen molar-refractivity contribution in [1.82, 2.24) is 5.01 Å². The summed E-state index contributed by atoms with van der Waals surface area (Å²) in [6.45, 7) is 0. The molecule has 0 spiro atoms. The minimum atomic E-state index is -0.179. The van der Waals surface area contributed by atoms with Crippen LogP contribution in [0.25, 0.3) is 0 Å². The van der Waals surface area contributed by atoms with Gasteiger partial charge in [-0.1, -0.05) is 12.1 Å². The maximum atomic E-state index is 12.7. The van der Waals surface area contributed by atoms with E-state index in [1.807, 2.05) is 47.2 Å². The number of amides is 1. The van der Waals surface area contributed by atoms with E-state index in [4.69, 9.17) is 4.42 Å². The first kappa shape index (κ1) is 13.5. The van der Waals surface area contributed by atoms with Crippen LogP contribution < -0.4 is 0 Å². The van der Waals surface area contributed by atoms with Crippen LogP contribution in [-0.4, -0.2) is 16.6 Å². The summed E-state index contributed by atoms with van der Waals surface area (Å²) in [7, 11) is 0. The SMILES string of the molecule is O=C(c1cccs1)N1N=C(c2cccs2)CC1c1ccco1. The third kappa shape index (κ3) is 2.30. The lowest BCUT2D eigenvalue weighted by Gasteiger charge is -2.18. The number of thiophene rings is 2. The van der Waals surface area contributed by atoms with Gasteiger partial charge in [0, 0.05) is 6.42 Å². The topological polar surface area (TPSA) is 45.8 Å². The fourth-order valence-corrected chi connectivity index (χ4v) is 3.88. The van der Waals surface area contributed by atoms with Gasteiger partial charge in [-0.05, 0) is 35.0 Å². The van der Waals surface area contributed by atoms with E-state index in [9.17, 15) is 4.79 Å². The van der Waals surface area contributed by atoms with E-state index in [1.54, 1.807) is 22.6 Å². The molecule has 0 saturated heterocycles. The monoisotopic (exact) mass is 328 g/mol. The molecule has 0 aromatic carbocycles. The summed E-state index contributed by atoms with van der Waals surface area (Å²) in [5.74, 6) is 0.683. The Labute approximate surface area is 135 Å². The Balaban J connectivity index is 1.71. The summed E-state index contributed by atoms with van der Waals surface area (Å²) in [6, 6.07) is 11.3. The molecule has 1 aliphatic rings. The summed E-state index contributed by atoms with van der Waals surface area (Å²) in [6.07, 6.45) is 2.30. The van der Waals surface area contributed by atoms with Crippen molar-refractivity contribution >= 4 is 34.3 Å². The second-order valence-electron chi connectivity index (χ2n) is 4.89. The Bertz CT molecular complexity index is 789. The number of carbonyl (C=O) groups is 1. The van der Waals surface area contributed by atoms with Crippen molar-refractivity contribution in [3.63, 3.8) is 0 Å². The van der Waals surface area contributed by atoms with E-state index >= 15 is 0 Å². The highest BCUT2D eigenvalue weighted by atomic mass is 32.1. The average Bonchev–Trinajstić information content (AvgIpc) is 3.35. The molecule has 1 unspecified atom stereocenters. The Morgan fingerprint density at radius 2 is 2.05 bits per heavy atom. The molecule has 0 bridgehead atoms. The molecule has 3 aromatic heterocycles. The van der Waals surface area contributed by atoms with Gasteiger partial charge in [0.05, 0.1) is 21.7 Å². The highest BCUT2D eigenvalue weighted by molar-refractivity contribution is 7.12. The maximum Gasteiger partial charge on any atom is 0.284 e. The Morgan fingerprint density at radius 3 is 2.73 bits per heavy atom. The molecule has 0 fully saturated rings. The predicted octanol–water partition coefficient (Wildman–Crippen LogP) is 4.39. The summed E-state index contributed by atoms with van der Waals surface area (Å²) < 4.78 is 5.52. The molecule has 0 aliphatic carbocycles. The first-order valence-electron chi connectivity index (χ1n) is 6.85. The molecule has 6 heteroatoms. The molecule has 0 saturated carbocycles. The fourth-order valence-electron chi connectivity index (χ4n) is 2.50. The molecule has 1 aliphatic heterocycles. The van der Waals surface area contributed by atoms with E-state index < -0.39 is 0 Å². The zero-order valence-electron chi connectivity index (χ0n) is 11.5. The van der Waals surface area contributed by atoms with Gasteiger partial charge in [-0.3, -0.25) is 4.79 Å². The Morgan fingerprint density at radius 1 is 1.18 bits per heavy atom. The lowest BCUT2D eigenvalue weighted by molar-refractivity contribution is 0.0698. The van der Waals surface area contributed by atoms with Crippen LogP contribution in [0.15, 0.2) is 62.9 Å². The van der Waals surface area contributed by atoms with Gasteiger partial charge in [0.25, 0.3) is 5.91 Å². The van der Waals surface area contributed by atoms with Gasteiger partial charge in [-0.25, -0.2) is 5.01 Å². The molecule has 4 heterocycles. The summed E-state index contributed by atoms with van der Waals surface area (Å²) in [5.41, 5.74) is 0.932. The second-order valence-corrected chi connectivity index (χ2v) is 6.78. The zero-order chi connectivity index (χ0) is 14.9. The lowest BCUT2D eigenvalue weighted by atomic mass is 10.1. The molecule has 4 nitrogen and oxygen atoms in total. The van der Waals surface area contributed by atoms with Crippen LogP contribution >= 0.6 is 22.7 Å². The molecular formula is C16H12N2O2S2. The van der Waals surface area contributed by atoms with E-state index in [0.29, 0.717) is 11.3 Å². The van der Waals surface area contributed by atoms with Crippen LogP contribution in [0.3, 0.4) is 0 Å². The molecule has 110 valence electrons. The summed E-state index contributed by atoms with van der Waals surface area (Å²) in [5, 5.41) is 10.1. The van der Waals surface area contributed by atoms with Crippen molar-refractivity contribution < 1.29 is 9.21 Å². The van der Waals surface area contributed by atoms with Crippen molar-refractivity contribution in [2.24, 2.45) is 5.10 Å². The fraction of sp³-hybridized carbons (Fsp3) is 0.125. The van der Waals surface area contributed by atoms with Crippen molar-refractivity contribution in [2.75, 3.05) is 0 Å². The largest absolute Gasteiger partial charge is 0.467 e. The Hall–Kier alpha value is -2.18.